The smallest absolute Gasteiger partial charge is 0.145 e. The zero-order valence-electron chi connectivity index (χ0n) is 8.60. The standard InChI is InChI=1S/C10H13Br2ClN2/c1-6(4-11)7(2)15-10-9(13)3-8(12)5-14-10/h3,5-7H,4H2,1-2H3,(H,14,15). The number of halogens is 3. The van der Waals surface area contributed by atoms with E-state index in [0.29, 0.717) is 17.0 Å². The first-order chi connectivity index (χ1) is 7.04. The fourth-order valence-corrected chi connectivity index (χ4v) is 2.26. The lowest BCUT2D eigenvalue weighted by atomic mass is 10.1. The Bertz CT molecular complexity index is 333. The molecule has 2 nitrogen and oxygen atoms in total. The Kier molecular flexibility index (Phi) is 5.36. The van der Waals surface area contributed by atoms with Crippen LogP contribution in [0, 0.1) is 5.92 Å². The first-order valence-electron chi connectivity index (χ1n) is 4.68. The summed E-state index contributed by atoms with van der Waals surface area (Å²) in [6.07, 6.45) is 1.74. The van der Waals surface area contributed by atoms with E-state index < -0.39 is 0 Å². The average Bonchev–Trinajstić information content (AvgIpc) is 2.20. The lowest BCUT2D eigenvalue weighted by Gasteiger charge is -2.20. The largest absolute Gasteiger partial charge is 0.366 e. The SMILES string of the molecule is CC(CBr)C(C)Nc1ncc(Br)cc1Cl. The molecule has 1 rings (SSSR count). The molecule has 0 aliphatic rings. The number of nitrogens with one attached hydrogen (secondary N) is 1. The van der Waals surface area contributed by atoms with Crippen LogP contribution in [-0.2, 0) is 0 Å². The number of rotatable bonds is 4. The van der Waals surface area contributed by atoms with E-state index in [-0.39, 0.29) is 0 Å². The van der Waals surface area contributed by atoms with Crippen molar-refractivity contribution in [1.82, 2.24) is 4.98 Å². The van der Waals surface area contributed by atoms with Crippen LogP contribution in [0.25, 0.3) is 0 Å². The second-order valence-electron chi connectivity index (χ2n) is 3.55. The van der Waals surface area contributed by atoms with Crippen molar-refractivity contribution in [2.45, 2.75) is 19.9 Å². The van der Waals surface area contributed by atoms with Crippen LogP contribution in [0.5, 0.6) is 0 Å². The number of nitrogens with zero attached hydrogens (tertiary/aromatic N) is 1. The summed E-state index contributed by atoms with van der Waals surface area (Å²) in [6.45, 7) is 4.28. The van der Waals surface area contributed by atoms with Gasteiger partial charge in [-0.1, -0.05) is 34.5 Å². The van der Waals surface area contributed by atoms with Crippen molar-refractivity contribution < 1.29 is 0 Å². The molecule has 0 aliphatic carbocycles. The molecule has 0 fully saturated rings. The Morgan fingerprint density at radius 2 is 2.20 bits per heavy atom. The molecule has 1 N–H and O–H groups in total. The molecule has 0 aliphatic heterocycles. The fourth-order valence-electron chi connectivity index (χ4n) is 1.01. The third-order valence-electron chi connectivity index (χ3n) is 2.27. The molecule has 1 heterocycles. The van der Waals surface area contributed by atoms with Crippen molar-refractivity contribution in [3.8, 4) is 0 Å². The quantitative estimate of drug-likeness (QED) is 0.812. The minimum absolute atomic E-state index is 0.329. The first kappa shape index (κ1) is 13.3. The van der Waals surface area contributed by atoms with Gasteiger partial charge in [0.2, 0.25) is 0 Å². The predicted molar refractivity (Wildman–Crippen MR) is 73.0 cm³/mol. The van der Waals surface area contributed by atoms with Crippen LogP contribution in [0.15, 0.2) is 16.7 Å². The van der Waals surface area contributed by atoms with E-state index in [1.807, 2.05) is 6.07 Å². The van der Waals surface area contributed by atoms with Crippen LogP contribution in [0.4, 0.5) is 5.82 Å². The number of hydrogen-bond donors (Lipinski definition) is 1. The number of alkyl halides is 1. The summed E-state index contributed by atoms with van der Waals surface area (Å²) < 4.78 is 0.888. The zero-order valence-corrected chi connectivity index (χ0v) is 12.5. The van der Waals surface area contributed by atoms with E-state index in [0.717, 1.165) is 15.6 Å². The molecule has 1 aromatic rings. The van der Waals surface area contributed by atoms with Crippen molar-refractivity contribution in [2.75, 3.05) is 10.6 Å². The highest BCUT2D eigenvalue weighted by atomic mass is 79.9. The fraction of sp³-hybridized carbons (Fsp3) is 0.500. The van der Waals surface area contributed by atoms with Crippen LogP contribution >= 0.6 is 43.5 Å². The molecule has 2 unspecified atom stereocenters. The zero-order chi connectivity index (χ0) is 11.4. The van der Waals surface area contributed by atoms with Gasteiger partial charge in [0.1, 0.15) is 5.82 Å². The summed E-state index contributed by atoms with van der Waals surface area (Å²) in [5.41, 5.74) is 0. The summed E-state index contributed by atoms with van der Waals surface area (Å²) >= 11 is 12.8. The van der Waals surface area contributed by atoms with Crippen LogP contribution in [0.2, 0.25) is 5.02 Å². The summed E-state index contributed by atoms with van der Waals surface area (Å²) in [4.78, 5) is 4.23. The molecule has 0 saturated carbocycles. The van der Waals surface area contributed by atoms with Gasteiger partial charge in [-0.25, -0.2) is 4.98 Å². The van der Waals surface area contributed by atoms with Crippen LogP contribution in [0.1, 0.15) is 13.8 Å². The number of aromatic nitrogens is 1. The Morgan fingerprint density at radius 3 is 2.73 bits per heavy atom. The summed E-state index contributed by atoms with van der Waals surface area (Å²) in [6, 6.07) is 2.16. The Morgan fingerprint density at radius 1 is 1.53 bits per heavy atom. The highest BCUT2D eigenvalue weighted by molar-refractivity contribution is 9.10. The topological polar surface area (TPSA) is 24.9 Å². The lowest BCUT2D eigenvalue weighted by molar-refractivity contribution is 0.570. The summed E-state index contributed by atoms with van der Waals surface area (Å²) in [5.74, 6) is 1.26. The minimum atomic E-state index is 0.329. The van der Waals surface area contributed by atoms with Gasteiger partial charge in [0.05, 0.1) is 5.02 Å². The summed E-state index contributed by atoms with van der Waals surface area (Å²) in [5, 5.41) is 4.88. The van der Waals surface area contributed by atoms with Crippen molar-refractivity contribution in [2.24, 2.45) is 5.92 Å². The molecular weight excluding hydrogens is 343 g/mol. The predicted octanol–water partition coefficient (Wildman–Crippen LogP) is 4.33. The molecule has 15 heavy (non-hydrogen) atoms. The lowest BCUT2D eigenvalue weighted by Crippen LogP contribution is -2.25. The maximum Gasteiger partial charge on any atom is 0.145 e. The summed E-state index contributed by atoms with van der Waals surface area (Å²) in [7, 11) is 0. The number of anilines is 1. The van der Waals surface area contributed by atoms with E-state index in [2.05, 4.69) is 56.0 Å². The van der Waals surface area contributed by atoms with Gasteiger partial charge >= 0.3 is 0 Å². The number of hydrogen-bond acceptors (Lipinski definition) is 2. The Labute approximate surface area is 112 Å². The van der Waals surface area contributed by atoms with Gasteiger partial charge < -0.3 is 5.32 Å². The van der Waals surface area contributed by atoms with Crippen LogP contribution in [-0.4, -0.2) is 16.4 Å². The van der Waals surface area contributed by atoms with Gasteiger partial charge in [-0.2, -0.15) is 0 Å². The maximum absolute atomic E-state index is 6.05. The second-order valence-corrected chi connectivity index (χ2v) is 5.52. The van der Waals surface area contributed by atoms with E-state index >= 15 is 0 Å². The molecule has 0 saturated heterocycles. The molecule has 0 amide bonds. The van der Waals surface area contributed by atoms with Gasteiger partial charge in [0.25, 0.3) is 0 Å². The Hall–Kier alpha value is 0.200. The van der Waals surface area contributed by atoms with Gasteiger partial charge in [-0.15, -0.1) is 0 Å². The van der Waals surface area contributed by atoms with E-state index in [1.165, 1.54) is 0 Å². The third-order valence-corrected chi connectivity index (χ3v) is 4.01. The van der Waals surface area contributed by atoms with Crippen molar-refractivity contribution >= 4 is 49.3 Å². The maximum atomic E-state index is 6.05. The van der Waals surface area contributed by atoms with Crippen LogP contribution in [0.3, 0.4) is 0 Å². The molecule has 1 aromatic heterocycles. The highest BCUT2D eigenvalue weighted by Crippen LogP contribution is 2.24. The minimum Gasteiger partial charge on any atom is -0.366 e. The molecule has 2 atom stereocenters. The number of pyridine rings is 1. The molecule has 0 aromatic carbocycles. The van der Waals surface area contributed by atoms with Gasteiger partial charge in [0.15, 0.2) is 0 Å². The normalized spacial score (nSPS) is 14.7. The third kappa shape index (κ3) is 3.93. The first-order valence-corrected chi connectivity index (χ1v) is 6.97. The molecular formula is C10H13Br2ClN2. The van der Waals surface area contributed by atoms with E-state index in [9.17, 15) is 0 Å². The molecule has 0 radical (unpaired) electrons. The van der Waals surface area contributed by atoms with Gasteiger partial charge in [-0.3, -0.25) is 0 Å². The molecule has 5 heteroatoms. The van der Waals surface area contributed by atoms with Gasteiger partial charge in [-0.05, 0) is 34.8 Å². The van der Waals surface area contributed by atoms with Crippen molar-refractivity contribution in [3.05, 3.63) is 21.8 Å². The van der Waals surface area contributed by atoms with Crippen molar-refractivity contribution in [1.29, 1.82) is 0 Å². The average molecular weight is 356 g/mol. The molecule has 0 spiro atoms. The van der Waals surface area contributed by atoms with E-state index in [1.54, 1.807) is 6.20 Å². The van der Waals surface area contributed by atoms with E-state index in [4.69, 9.17) is 11.6 Å². The second kappa shape index (κ2) is 6.06. The highest BCUT2D eigenvalue weighted by Gasteiger charge is 2.12. The molecule has 0 bridgehead atoms. The van der Waals surface area contributed by atoms with Crippen LogP contribution < -0.4 is 5.32 Å². The molecule has 84 valence electrons. The van der Waals surface area contributed by atoms with Gasteiger partial charge in [0, 0.05) is 22.0 Å². The van der Waals surface area contributed by atoms with Crippen molar-refractivity contribution in [3.63, 3.8) is 0 Å². The Balaban J connectivity index is 2.72. The monoisotopic (exact) mass is 354 g/mol.